The summed E-state index contributed by atoms with van der Waals surface area (Å²) in [7, 11) is 0. The number of nitrogens with zero attached hydrogens (tertiary/aromatic N) is 2. The molecule has 0 aliphatic rings. The number of benzene rings is 1. The van der Waals surface area contributed by atoms with E-state index >= 15 is 0 Å². The lowest BCUT2D eigenvalue weighted by Gasteiger charge is -2.14. The van der Waals surface area contributed by atoms with Gasteiger partial charge in [-0.15, -0.1) is 0 Å². The van der Waals surface area contributed by atoms with Crippen molar-refractivity contribution in [1.82, 2.24) is 9.78 Å². The Kier molecular flexibility index (Phi) is 4.58. The van der Waals surface area contributed by atoms with Gasteiger partial charge in [0, 0.05) is 17.3 Å². The molecule has 2 aromatic rings. The third-order valence-corrected chi connectivity index (χ3v) is 3.44. The molecule has 3 nitrogen and oxygen atoms in total. The first kappa shape index (κ1) is 15.9. The minimum Gasteiger partial charge on any atom is -0.327 e. The summed E-state index contributed by atoms with van der Waals surface area (Å²) >= 11 is 5.96. The molecule has 7 heteroatoms. The quantitative estimate of drug-likeness (QED) is 0.931. The van der Waals surface area contributed by atoms with Crippen LogP contribution in [0.5, 0.6) is 0 Å². The SMILES string of the molecule is CCC(N)Cc1cc(Cl)ccc1-n1cc(C(F)(F)F)cn1. The standard InChI is InChI=1S/C14H15ClF3N3/c1-2-12(19)6-9-5-11(15)3-4-13(9)21-8-10(7-20-21)14(16,17)18/h3-5,7-8,12H,2,6,19H2,1H3. The van der Waals surface area contributed by atoms with E-state index in [1.165, 1.54) is 4.68 Å². The van der Waals surface area contributed by atoms with Crippen LogP contribution in [0.15, 0.2) is 30.6 Å². The molecule has 0 bridgehead atoms. The maximum atomic E-state index is 12.7. The average Bonchev–Trinajstić information content (AvgIpc) is 2.88. The maximum Gasteiger partial charge on any atom is 0.419 e. The van der Waals surface area contributed by atoms with Crippen LogP contribution >= 0.6 is 11.6 Å². The fourth-order valence-electron chi connectivity index (χ4n) is 1.97. The summed E-state index contributed by atoms with van der Waals surface area (Å²) in [6.45, 7) is 1.95. The first-order valence-corrected chi connectivity index (χ1v) is 6.85. The summed E-state index contributed by atoms with van der Waals surface area (Å²) in [4.78, 5) is 0. The van der Waals surface area contributed by atoms with E-state index in [2.05, 4.69) is 5.10 Å². The van der Waals surface area contributed by atoms with Crippen molar-refractivity contribution in [1.29, 1.82) is 0 Å². The van der Waals surface area contributed by atoms with Crippen LogP contribution in [0.25, 0.3) is 5.69 Å². The Morgan fingerprint density at radius 3 is 2.67 bits per heavy atom. The van der Waals surface area contributed by atoms with Gasteiger partial charge >= 0.3 is 6.18 Å². The Labute approximate surface area is 125 Å². The number of aromatic nitrogens is 2. The van der Waals surface area contributed by atoms with Crippen LogP contribution in [0.2, 0.25) is 5.02 Å². The smallest absolute Gasteiger partial charge is 0.327 e. The van der Waals surface area contributed by atoms with Gasteiger partial charge in [0.1, 0.15) is 0 Å². The molecule has 1 atom stereocenters. The molecule has 1 unspecified atom stereocenters. The van der Waals surface area contributed by atoms with E-state index < -0.39 is 11.7 Å². The predicted molar refractivity (Wildman–Crippen MR) is 75.5 cm³/mol. The first-order chi connectivity index (χ1) is 9.81. The van der Waals surface area contributed by atoms with E-state index in [9.17, 15) is 13.2 Å². The topological polar surface area (TPSA) is 43.8 Å². The van der Waals surface area contributed by atoms with Crippen molar-refractivity contribution in [2.45, 2.75) is 32.0 Å². The second-order valence-electron chi connectivity index (χ2n) is 4.82. The van der Waals surface area contributed by atoms with Crippen LogP contribution in [0.3, 0.4) is 0 Å². The Morgan fingerprint density at radius 2 is 2.10 bits per heavy atom. The summed E-state index contributed by atoms with van der Waals surface area (Å²) < 4.78 is 39.2. The number of alkyl halides is 3. The zero-order valence-corrected chi connectivity index (χ0v) is 12.1. The van der Waals surface area contributed by atoms with Gasteiger partial charge in [0.25, 0.3) is 0 Å². The van der Waals surface area contributed by atoms with Crippen LogP contribution in [-0.4, -0.2) is 15.8 Å². The molecule has 0 saturated heterocycles. The van der Waals surface area contributed by atoms with Gasteiger partial charge in [0.05, 0.1) is 17.4 Å². The minimum absolute atomic E-state index is 0.0835. The molecular weight excluding hydrogens is 303 g/mol. The van der Waals surface area contributed by atoms with Crippen molar-refractivity contribution < 1.29 is 13.2 Å². The van der Waals surface area contributed by atoms with E-state index in [1.54, 1.807) is 18.2 Å². The number of hydrogen-bond donors (Lipinski definition) is 1. The third kappa shape index (κ3) is 3.77. The summed E-state index contributed by atoms with van der Waals surface area (Å²) in [5, 5.41) is 4.30. The highest BCUT2D eigenvalue weighted by Gasteiger charge is 2.32. The highest BCUT2D eigenvalue weighted by molar-refractivity contribution is 6.30. The summed E-state index contributed by atoms with van der Waals surface area (Å²) in [6, 6.07) is 4.89. The van der Waals surface area contributed by atoms with Gasteiger partial charge < -0.3 is 5.73 Å². The monoisotopic (exact) mass is 317 g/mol. The maximum absolute atomic E-state index is 12.7. The van der Waals surface area contributed by atoms with Crippen molar-refractivity contribution in [2.24, 2.45) is 5.73 Å². The molecular formula is C14H15ClF3N3. The average molecular weight is 318 g/mol. The van der Waals surface area contributed by atoms with Gasteiger partial charge in [-0.1, -0.05) is 18.5 Å². The van der Waals surface area contributed by atoms with Crippen molar-refractivity contribution >= 4 is 11.6 Å². The lowest BCUT2D eigenvalue weighted by molar-refractivity contribution is -0.137. The van der Waals surface area contributed by atoms with Crippen molar-refractivity contribution in [2.75, 3.05) is 0 Å². The zero-order chi connectivity index (χ0) is 15.6. The Morgan fingerprint density at radius 1 is 1.38 bits per heavy atom. The molecule has 114 valence electrons. The van der Waals surface area contributed by atoms with Crippen LogP contribution < -0.4 is 5.73 Å². The second kappa shape index (κ2) is 6.07. The van der Waals surface area contributed by atoms with Gasteiger partial charge in [-0.25, -0.2) is 4.68 Å². The minimum atomic E-state index is -4.41. The Bertz CT molecular complexity index is 622. The van der Waals surface area contributed by atoms with Crippen LogP contribution in [0.4, 0.5) is 13.2 Å². The number of nitrogens with two attached hydrogens (primary N) is 1. The molecule has 2 N–H and O–H groups in total. The molecule has 0 radical (unpaired) electrons. The lowest BCUT2D eigenvalue weighted by atomic mass is 10.0. The van der Waals surface area contributed by atoms with Crippen LogP contribution in [-0.2, 0) is 12.6 Å². The molecule has 0 aliphatic carbocycles. The Hall–Kier alpha value is -1.53. The van der Waals surface area contributed by atoms with E-state index in [-0.39, 0.29) is 6.04 Å². The van der Waals surface area contributed by atoms with E-state index in [1.807, 2.05) is 6.92 Å². The van der Waals surface area contributed by atoms with Gasteiger partial charge in [-0.2, -0.15) is 18.3 Å². The first-order valence-electron chi connectivity index (χ1n) is 6.47. The molecule has 0 spiro atoms. The van der Waals surface area contributed by atoms with Gasteiger partial charge in [-0.3, -0.25) is 0 Å². The molecule has 21 heavy (non-hydrogen) atoms. The number of halogens is 4. The molecule has 2 rings (SSSR count). The molecule has 1 heterocycles. The molecule has 0 fully saturated rings. The highest BCUT2D eigenvalue weighted by Crippen LogP contribution is 2.30. The molecule has 0 amide bonds. The third-order valence-electron chi connectivity index (χ3n) is 3.20. The van der Waals surface area contributed by atoms with E-state index in [0.717, 1.165) is 24.4 Å². The molecule has 0 saturated carbocycles. The fraction of sp³-hybridized carbons (Fsp3) is 0.357. The van der Waals surface area contributed by atoms with Crippen LogP contribution in [0, 0.1) is 0 Å². The largest absolute Gasteiger partial charge is 0.419 e. The van der Waals surface area contributed by atoms with Crippen molar-refractivity contribution in [3.05, 3.63) is 46.7 Å². The number of rotatable bonds is 4. The molecule has 0 aliphatic heterocycles. The molecule has 1 aromatic heterocycles. The normalized spacial score (nSPS) is 13.4. The van der Waals surface area contributed by atoms with Gasteiger partial charge in [-0.05, 0) is 36.6 Å². The number of hydrogen-bond acceptors (Lipinski definition) is 2. The van der Waals surface area contributed by atoms with Crippen LogP contribution in [0.1, 0.15) is 24.5 Å². The van der Waals surface area contributed by atoms with Crippen molar-refractivity contribution in [3.63, 3.8) is 0 Å². The van der Waals surface area contributed by atoms with Gasteiger partial charge in [0.15, 0.2) is 0 Å². The van der Waals surface area contributed by atoms with E-state index in [0.29, 0.717) is 17.1 Å². The molecule has 1 aromatic carbocycles. The summed E-state index contributed by atoms with van der Waals surface area (Å²) in [6.07, 6.45) is -1.36. The highest BCUT2D eigenvalue weighted by atomic mass is 35.5. The summed E-state index contributed by atoms with van der Waals surface area (Å²) in [5.41, 5.74) is 6.46. The lowest BCUT2D eigenvalue weighted by Crippen LogP contribution is -2.22. The summed E-state index contributed by atoms with van der Waals surface area (Å²) in [5.74, 6) is 0. The van der Waals surface area contributed by atoms with Crippen molar-refractivity contribution in [3.8, 4) is 5.69 Å². The Balaban J connectivity index is 2.41. The predicted octanol–water partition coefficient (Wildman–Crippen LogP) is 3.82. The van der Waals surface area contributed by atoms with E-state index in [4.69, 9.17) is 17.3 Å². The zero-order valence-electron chi connectivity index (χ0n) is 11.4. The fourth-order valence-corrected chi connectivity index (χ4v) is 2.16. The van der Waals surface area contributed by atoms with Gasteiger partial charge in [0.2, 0.25) is 0 Å². The second-order valence-corrected chi connectivity index (χ2v) is 5.25.